The van der Waals surface area contributed by atoms with E-state index < -0.39 is 47.5 Å². The SMILES string of the molecule is COc1cc(NC(=O)COC(=O)c2cc(C(F)(F)F)cc(C(F)(F)F)c2)cc(OC)c1OC. The number of hydrogen-bond donors (Lipinski definition) is 1. The maximum Gasteiger partial charge on any atom is 0.416 e. The minimum Gasteiger partial charge on any atom is -0.493 e. The molecule has 0 aliphatic carbocycles. The first kappa shape index (κ1) is 25.6. The zero-order chi connectivity index (χ0) is 25.0. The Balaban J connectivity index is 2.17. The van der Waals surface area contributed by atoms with Gasteiger partial charge in [-0.1, -0.05) is 0 Å². The maximum atomic E-state index is 12.9. The van der Waals surface area contributed by atoms with Gasteiger partial charge in [-0.15, -0.1) is 0 Å². The maximum absolute atomic E-state index is 12.9. The number of amides is 1. The van der Waals surface area contributed by atoms with Crippen molar-refractivity contribution in [3.63, 3.8) is 0 Å². The summed E-state index contributed by atoms with van der Waals surface area (Å²) in [6, 6.07) is 2.98. The molecule has 13 heteroatoms. The predicted octanol–water partition coefficient (Wildman–Crippen LogP) is 4.55. The molecule has 33 heavy (non-hydrogen) atoms. The molecule has 2 rings (SSSR count). The van der Waals surface area contributed by atoms with Crippen LogP contribution in [0.3, 0.4) is 0 Å². The minimum atomic E-state index is -5.14. The Labute approximate surface area is 183 Å². The Hall–Kier alpha value is -3.64. The fourth-order valence-electron chi connectivity index (χ4n) is 2.64. The smallest absolute Gasteiger partial charge is 0.416 e. The summed E-state index contributed by atoms with van der Waals surface area (Å²) in [5.41, 5.74) is -4.26. The van der Waals surface area contributed by atoms with Crippen molar-refractivity contribution in [2.75, 3.05) is 33.3 Å². The van der Waals surface area contributed by atoms with Crippen molar-refractivity contribution < 1.29 is 54.9 Å². The zero-order valence-corrected chi connectivity index (χ0v) is 17.3. The van der Waals surface area contributed by atoms with Crippen LogP contribution in [-0.4, -0.2) is 39.8 Å². The Kier molecular flexibility index (Phi) is 7.67. The van der Waals surface area contributed by atoms with E-state index in [1.165, 1.54) is 33.5 Å². The number of ether oxygens (including phenoxy) is 4. The number of carbonyl (C=O) groups is 2. The zero-order valence-electron chi connectivity index (χ0n) is 17.3. The summed E-state index contributed by atoms with van der Waals surface area (Å²) in [4.78, 5) is 24.1. The largest absolute Gasteiger partial charge is 0.493 e. The topological polar surface area (TPSA) is 83.1 Å². The van der Waals surface area contributed by atoms with Gasteiger partial charge < -0.3 is 24.3 Å². The molecule has 0 unspecified atom stereocenters. The lowest BCUT2D eigenvalue weighted by Gasteiger charge is -2.15. The molecule has 1 N–H and O–H groups in total. The third kappa shape index (κ3) is 6.43. The number of alkyl halides is 6. The molecule has 0 aliphatic heterocycles. The Bertz CT molecular complexity index is 977. The number of esters is 1. The number of carbonyl (C=O) groups excluding carboxylic acids is 2. The van der Waals surface area contributed by atoms with Gasteiger partial charge in [-0.2, -0.15) is 26.3 Å². The number of anilines is 1. The molecule has 2 aromatic carbocycles. The van der Waals surface area contributed by atoms with E-state index >= 15 is 0 Å². The molecule has 0 aromatic heterocycles. The molecule has 0 fully saturated rings. The second-order valence-corrected chi connectivity index (χ2v) is 6.33. The fourth-order valence-corrected chi connectivity index (χ4v) is 2.64. The number of methoxy groups -OCH3 is 3. The van der Waals surface area contributed by atoms with Crippen LogP contribution in [0.5, 0.6) is 17.2 Å². The molecule has 0 saturated heterocycles. The highest BCUT2D eigenvalue weighted by molar-refractivity contribution is 5.96. The Morgan fingerprint density at radius 1 is 0.788 bits per heavy atom. The molecule has 0 radical (unpaired) electrons. The lowest BCUT2D eigenvalue weighted by atomic mass is 10.0. The van der Waals surface area contributed by atoms with Crippen LogP contribution >= 0.6 is 0 Å². The standard InChI is InChI=1S/C20H17F6NO6/c1-30-14-7-13(8-15(31-2)17(14)32-3)27-16(28)9-33-18(29)10-4-11(19(21,22)23)6-12(5-10)20(24,25)26/h4-8H,9H2,1-3H3,(H,27,28). The van der Waals surface area contributed by atoms with E-state index in [0.717, 1.165) is 0 Å². The highest BCUT2D eigenvalue weighted by atomic mass is 19.4. The molecule has 0 aliphatic rings. The quantitative estimate of drug-likeness (QED) is 0.462. The molecule has 1 amide bonds. The summed E-state index contributed by atoms with van der Waals surface area (Å²) < 4.78 is 97.4. The fraction of sp³-hybridized carbons (Fsp3) is 0.300. The van der Waals surface area contributed by atoms with Crippen LogP contribution in [0.25, 0.3) is 0 Å². The number of nitrogens with one attached hydrogen (secondary N) is 1. The van der Waals surface area contributed by atoms with Crippen molar-refractivity contribution in [2.24, 2.45) is 0 Å². The minimum absolute atomic E-state index is 0.129. The van der Waals surface area contributed by atoms with Crippen LogP contribution in [-0.2, 0) is 21.9 Å². The van der Waals surface area contributed by atoms with Gasteiger partial charge in [-0.05, 0) is 18.2 Å². The monoisotopic (exact) mass is 481 g/mol. The first-order chi connectivity index (χ1) is 15.3. The van der Waals surface area contributed by atoms with E-state index in [-0.39, 0.29) is 41.1 Å². The summed E-state index contributed by atoms with van der Waals surface area (Å²) in [7, 11) is 4.01. The molecule has 0 atom stereocenters. The summed E-state index contributed by atoms with van der Waals surface area (Å²) in [6.07, 6.45) is -10.3. The van der Waals surface area contributed by atoms with Gasteiger partial charge in [0.1, 0.15) is 0 Å². The van der Waals surface area contributed by atoms with Gasteiger partial charge in [-0.25, -0.2) is 4.79 Å². The molecule has 7 nitrogen and oxygen atoms in total. The van der Waals surface area contributed by atoms with Crippen LogP contribution in [0, 0.1) is 0 Å². The van der Waals surface area contributed by atoms with Crippen molar-refractivity contribution in [1.82, 2.24) is 0 Å². The molecule has 180 valence electrons. The molecule has 0 saturated carbocycles. The van der Waals surface area contributed by atoms with Gasteiger partial charge in [0, 0.05) is 17.8 Å². The highest BCUT2D eigenvalue weighted by Crippen LogP contribution is 2.40. The number of hydrogen-bond acceptors (Lipinski definition) is 6. The average Bonchev–Trinajstić information content (AvgIpc) is 2.75. The van der Waals surface area contributed by atoms with Crippen molar-refractivity contribution in [1.29, 1.82) is 0 Å². The lowest BCUT2D eigenvalue weighted by molar-refractivity contribution is -0.143. The highest BCUT2D eigenvalue weighted by Gasteiger charge is 2.37. The first-order valence-corrected chi connectivity index (χ1v) is 8.86. The predicted molar refractivity (Wildman–Crippen MR) is 101 cm³/mol. The van der Waals surface area contributed by atoms with Gasteiger partial charge >= 0.3 is 18.3 Å². The van der Waals surface area contributed by atoms with Crippen molar-refractivity contribution in [3.05, 3.63) is 47.0 Å². The van der Waals surface area contributed by atoms with Crippen LogP contribution in [0.15, 0.2) is 30.3 Å². The third-order valence-corrected chi connectivity index (χ3v) is 4.11. The van der Waals surface area contributed by atoms with Gasteiger partial charge in [0.2, 0.25) is 5.75 Å². The van der Waals surface area contributed by atoms with E-state index in [4.69, 9.17) is 14.2 Å². The summed E-state index contributed by atoms with van der Waals surface area (Å²) in [5.74, 6) is -1.87. The van der Waals surface area contributed by atoms with Crippen LogP contribution in [0.4, 0.5) is 32.0 Å². The van der Waals surface area contributed by atoms with E-state index in [1.54, 1.807) is 0 Å². The number of halogens is 6. The number of benzene rings is 2. The average molecular weight is 481 g/mol. The van der Waals surface area contributed by atoms with Crippen molar-refractivity contribution in [3.8, 4) is 17.2 Å². The molecular formula is C20H17F6NO6. The second kappa shape index (κ2) is 9.88. The second-order valence-electron chi connectivity index (χ2n) is 6.33. The van der Waals surface area contributed by atoms with Gasteiger partial charge in [0.15, 0.2) is 18.1 Å². The normalized spacial score (nSPS) is 11.5. The van der Waals surface area contributed by atoms with Crippen LogP contribution in [0.2, 0.25) is 0 Å². The van der Waals surface area contributed by atoms with E-state index in [9.17, 15) is 35.9 Å². The third-order valence-electron chi connectivity index (χ3n) is 4.11. The molecule has 0 bridgehead atoms. The van der Waals surface area contributed by atoms with Gasteiger partial charge in [0.25, 0.3) is 5.91 Å². The van der Waals surface area contributed by atoms with Crippen LogP contribution < -0.4 is 19.5 Å². The van der Waals surface area contributed by atoms with Gasteiger partial charge in [-0.3, -0.25) is 4.79 Å². The Morgan fingerprint density at radius 3 is 1.67 bits per heavy atom. The van der Waals surface area contributed by atoms with E-state index in [1.807, 2.05) is 0 Å². The summed E-state index contributed by atoms with van der Waals surface area (Å²) >= 11 is 0. The summed E-state index contributed by atoms with van der Waals surface area (Å²) in [6.45, 7) is -0.993. The van der Waals surface area contributed by atoms with Crippen molar-refractivity contribution in [2.45, 2.75) is 12.4 Å². The van der Waals surface area contributed by atoms with E-state index in [0.29, 0.717) is 0 Å². The van der Waals surface area contributed by atoms with E-state index in [2.05, 4.69) is 10.1 Å². The summed E-state index contributed by atoms with van der Waals surface area (Å²) in [5, 5.41) is 2.33. The first-order valence-electron chi connectivity index (χ1n) is 8.86. The Morgan fingerprint density at radius 2 is 1.27 bits per heavy atom. The van der Waals surface area contributed by atoms with Gasteiger partial charge in [0.05, 0.1) is 38.0 Å². The van der Waals surface area contributed by atoms with Crippen molar-refractivity contribution >= 4 is 17.6 Å². The molecule has 0 heterocycles. The number of rotatable bonds is 7. The molecule has 0 spiro atoms. The van der Waals surface area contributed by atoms with Crippen LogP contribution in [0.1, 0.15) is 21.5 Å². The molecule has 2 aromatic rings. The lowest BCUT2D eigenvalue weighted by Crippen LogP contribution is -2.21. The molecular weight excluding hydrogens is 464 g/mol.